The summed E-state index contributed by atoms with van der Waals surface area (Å²) in [4.78, 5) is 11.5. The summed E-state index contributed by atoms with van der Waals surface area (Å²) in [5, 5.41) is 0. The van der Waals surface area contributed by atoms with Gasteiger partial charge in [-0.3, -0.25) is 5.43 Å². The number of carbonyl (C=O) groups is 1. The molecule has 0 fully saturated rings. The van der Waals surface area contributed by atoms with E-state index in [0.717, 1.165) is 18.4 Å². The van der Waals surface area contributed by atoms with Gasteiger partial charge in [-0.25, -0.2) is 10.2 Å². The van der Waals surface area contributed by atoms with E-state index in [2.05, 4.69) is 15.6 Å². The first-order chi connectivity index (χ1) is 10.7. The van der Waals surface area contributed by atoms with Crippen molar-refractivity contribution < 1.29 is 23.0 Å². The summed E-state index contributed by atoms with van der Waals surface area (Å²) in [7, 11) is 0. The first kappa shape index (κ1) is 19.2. The smallest absolute Gasteiger partial charge is 0.422 e. The molecule has 23 heavy (non-hydrogen) atoms. The minimum absolute atomic E-state index is 0.0273. The van der Waals surface area contributed by atoms with E-state index >= 15 is 0 Å². The molecule has 1 amide bonds. The lowest BCUT2D eigenvalue weighted by atomic mass is 10.1. The lowest BCUT2D eigenvalue weighted by Crippen LogP contribution is -2.45. The first-order valence-corrected chi connectivity index (χ1v) is 7.44. The number of hydrogen-bond acceptors (Lipinski definition) is 4. The van der Waals surface area contributed by atoms with Crippen LogP contribution in [0.15, 0.2) is 24.3 Å². The predicted octanol–water partition coefficient (Wildman–Crippen LogP) is 3.64. The molecule has 7 heteroatoms. The number of nitrogens with one attached hydrogen (secondary N) is 2. The zero-order chi connectivity index (χ0) is 17.5. The quantitative estimate of drug-likeness (QED) is 0.750. The average Bonchev–Trinajstić information content (AvgIpc) is 2.42. The van der Waals surface area contributed by atoms with E-state index in [9.17, 15) is 13.6 Å². The predicted molar refractivity (Wildman–Crippen MR) is 83.4 cm³/mol. The van der Waals surface area contributed by atoms with Crippen LogP contribution in [0, 0.1) is 0 Å². The number of rotatable bonds is 7. The van der Waals surface area contributed by atoms with Gasteiger partial charge in [-0.2, -0.15) is 8.78 Å². The molecule has 0 aliphatic rings. The monoisotopic (exact) mass is 330 g/mol. The molecule has 0 aliphatic heterocycles. The zero-order valence-corrected chi connectivity index (χ0v) is 13.9. The Morgan fingerprint density at radius 2 is 1.83 bits per heavy atom. The Kier molecular flexibility index (Phi) is 7.22. The van der Waals surface area contributed by atoms with Gasteiger partial charge >= 0.3 is 12.7 Å². The van der Waals surface area contributed by atoms with Crippen molar-refractivity contribution >= 4 is 6.09 Å². The van der Waals surface area contributed by atoms with Crippen LogP contribution in [-0.2, 0) is 11.2 Å². The topological polar surface area (TPSA) is 59.6 Å². The van der Waals surface area contributed by atoms with E-state index in [1.54, 1.807) is 32.9 Å². The molecule has 1 rings (SSSR count). The van der Waals surface area contributed by atoms with Crippen LogP contribution in [0.4, 0.5) is 13.6 Å². The van der Waals surface area contributed by atoms with Gasteiger partial charge in [-0.1, -0.05) is 12.1 Å². The third kappa shape index (κ3) is 8.97. The molecule has 2 N–H and O–H groups in total. The Morgan fingerprint density at radius 3 is 2.35 bits per heavy atom. The van der Waals surface area contributed by atoms with Gasteiger partial charge in [0, 0.05) is 6.04 Å². The molecule has 1 unspecified atom stereocenters. The second-order valence-electron chi connectivity index (χ2n) is 6.23. The highest BCUT2D eigenvalue weighted by molar-refractivity contribution is 5.67. The van der Waals surface area contributed by atoms with E-state index in [-0.39, 0.29) is 11.8 Å². The van der Waals surface area contributed by atoms with E-state index in [0.29, 0.717) is 0 Å². The molecule has 0 aliphatic carbocycles. The molecular weight excluding hydrogens is 306 g/mol. The fourth-order valence-corrected chi connectivity index (χ4v) is 1.78. The van der Waals surface area contributed by atoms with Gasteiger partial charge in [0.1, 0.15) is 11.4 Å². The van der Waals surface area contributed by atoms with E-state index in [1.807, 2.05) is 6.92 Å². The Hall–Kier alpha value is -1.89. The zero-order valence-electron chi connectivity index (χ0n) is 13.9. The van der Waals surface area contributed by atoms with Crippen LogP contribution in [0.25, 0.3) is 0 Å². The van der Waals surface area contributed by atoms with Gasteiger partial charge in [0.25, 0.3) is 0 Å². The van der Waals surface area contributed by atoms with E-state index < -0.39 is 18.3 Å². The maximum absolute atomic E-state index is 12.1. The van der Waals surface area contributed by atoms with Crippen molar-refractivity contribution in [2.45, 2.75) is 58.8 Å². The SMILES string of the molecule is CC(CCc1ccc(OC(F)F)cc1)NNC(=O)OC(C)(C)C. The van der Waals surface area contributed by atoms with E-state index in [4.69, 9.17) is 4.74 Å². The molecule has 1 atom stereocenters. The van der Waals surface area contributed by atoms with Crippen molar-refractivity contribution in [3.63, 3.8) is 0 Å². The van der Waals surface area contributed by atoms with Crippen molar-refractivity contribution in [3.8, 4) is 5.75 Å². The summed E-state index contributed by atoms with van der Waals surface area (Å²) in [6.45, 7) is 4.47. The van der Waals surface area contributed by atoms with Crippen molar-refractivity contribution in [3.05, 3.63) is 29.8 Å². The number of ether oxygens (including phenoxy) is 2. The van der Waals surface area contributed by atoms with Crippen molar-refractivity contribution in [2.75, 3.05) is 0 Å². The van der Waals surface area contributed by atoms with Gasteiger partial charge in [0.05, 0.1) is 0 Å². The molecule has 0 heterocycles. The number of halogens is 2. The molecule has 0 saturated carbocycles. The second kappa shape index (κ2) is 8.67. The average molecular weight is 330 g/mol. The number of benzene rings is 1. The summed E-state index contributed by atoms with van der Waals surface area (Å²) in [6, 6.07) is 6.54. The summed E-state index contributed by atoms with van der Waals surface area (Å²) in [5.74, 6) is 0.140. The molecule has 0 saturated heterocycles. The minimum Gasteiger partial charge on any atom is -0.443 e. The van der Waals surface area contributed by atoms with Crippen molar-refractivity contribution in [2.24, 2.45) is 0 Å². The number of hydrogen-bond donors (Lipinski definition) is 2. The van der Waals surface area contributed by atoms with Crippen LogP contribution < -0.4 is 15.6 Å². The molecule has 0 spiro atoms. The molecule has 130 valence electrons. The van der Waals surface area contributed by atoms with Crippen LogP contribution >= 0.6 is 0 Å². The van der Waals surface area contributed by atoms with Crippen LogP contribution in [0.3, 0.4) is 0 Å². The molecule has 5 nitrogen and oxygen atoms in total. The Morgan fingerprint density at radius 1 is 1.22 bits per heavy atom. The summed E-state index contributed by atoms with van der Waals surface area (Å²) >= 11 is 0. The third-order valence-electron chi connectivity index (χ3n) is 2.83. The van der Waals surface area contributed by atoms with Gasteiger partial charge < -0.3 is 9.47 Å². The third-order valence-corrected chi connectivity index (χ3v) is 2.83. The normalized spacial score (nSPS) is 12.8. The van der Waals surface area contributed by atoms with Gasteiger partial charge in [0.15, 0.2) is 0 Å². The highest BCUT2D eigenvalue weighted by Gasteiger charge is 2.16. The molecule has 1 aromatic rings. The van der Waals surface area contributed by atoms with Crippen LogP contribution in [0.2, 0.25) is 0 Å². The number of carbonyl (C=O) groups excluding carboxylic acids is 1. The molecule has 0 aromatic heterocycles. The highest BCUT2D eigenvalue weighted by Crippen LogP contribution is 2.16. The van der Waals surface area contributed by atoms with Crippen molar-refractivity contribution in [1.82, 2.24) is 10.9 Å². The van der Waals surface area contributed by atoms with Crippen LogP contribution in [-0.4, -0.2) is 24.3 Å². The molecule has 1 aromatic carbocycles. The van der Waals surface area contributed by atoms with Gasteiger partial charge in [-0.15, -0.1) is 0 Å². The molecule has 0 bridgehead atoms. The molecular formula is C16H24F2N2O3. The maximum Gasteiger partial charge on any atom is 0.422 e. The fraction of sp³-hybridized carbons (Fsp3) is 0.562. The standard InChI is InChI=1S/C16H24F2N2O3/c1-11(19-20-15(21)23-16(2,3)4)5-6-12-7-9-13(10-8-12)22-14(17)18/h7-11,14,19H,5-6H2,1-4H3,(H,20,21). The Labute approximate surface area is 135 Å². The highest BCUT2D eigenvalue weighted by atomic mass is 19.3. The second-order valence-corrected chi connectivity index (χ2v) is 6.23. The largest absolute Gasteiger partial charge is 0.443 e. The number of hydrazine groups is 1. The van der Waals surface area contributed by atoms with Gasteiger partial charge in [0.2, 0.25) is 0 Å². The maximum atomic E-state index is 12.1. The Balaban J connectivity index is 2.30. The van der Waals surface area contributed by atoms with Crippen molar-refractivity contribution in [1.29, 1.82) is 0 Å². The van der Waals surface area contributed by atoms with Crippen LogP contribution in [0.1, 0.15) is 39.7 Å². The Bertz CT molecular complexity index is 487. The lowest BCUT2D eigenvalue weighted by molar-refractivity contribution is -0.0498. The van der Waals surface area contributed by atoms with Gasteiger partial charge in [-0.05, 0) is 58.2 Å². The van der Waals surface area contributed by atoms with E-state index in [1.165, 1.54) is 12.1 Å². The number of amides is 1. The summed E-state index contributed by atoms with van der Waals surface area (Å²) in [5.41, 5.74) is 5.81. The number of alkyl halides is 2. The fourth-order valence-electron chi connectivity index (χ4n) is 1.78. The first-order valence-electron chi connectivity index (χ1n) is 7.44. The number of aryl methyl sites for hydroxylation is 1. The molecule has 0 radical (unpaired) electrons. The summed E-state index contributed by atoms with van der Waals surface area (Å²) in [6.07, 6.45) is 0.960. The van der Waals surface area contributed by atoms with Crippen LogP contribution in [0.5, 0.6) is 5.75 Å². The minimum atomic E-state index is -2.82. The lowest BCUT2D eigenvalue weighted by Gasteiger charge is -2.21. The summed E-state index contributed by atoms with van der Waals surface area (Å²) < 4.78 is 33.5.